The summed E-state index contributed by atoms with van der Waals surface area (Å²) in [7, 11) is 0. The molecule has 0 radical (unpaired) electrons. The third-order valence-electron chi connectivity index (χ3n) is 4.92. The first-order valence-electron chi connectivity index (χ1n) is 10.1. The smallest absolute Gasteiger partial charge is 0.274 e. The van der Waals surface area contributed by atoms with Gasteiger partial charge in [-0.1, -0.05) is 30.3 Å². The van der Waals surface area contributed by atoms with Gasteiger partial charge in [0.2, 0.25) is 5.91 Å². The van der Waals surface area contributed by atoms with Crippen molar-refractivity contribution in [1.29, 1.82) is 0 Å². The molecule has 168 valence electrons. The van der Waals surface area contributed by atoms with E-state index in [1.54, 1.807) is 24.3 Å². The highest BCUT2D eigenvalue weighted by molar-refractivity contribution is 6.03. The molecule has 0 saturated carbocycles. The molecule has 0 aliphatic carbocycles. The minimum atomic E-state index is -1.07. The van der Waals surface area contributed by atoms with Gasteiger partial charge in [-0.05, 0) is 48.0 Å². The van der Waals surface area contributed by atoms with E-state index in [-0.39, 0.29) is 17.7 Å². The largest absolute Gasteiger partial charge is 0.489 e. The van der Waals surface area contributed by atoms with Crippen molar-refractivity contribution >= 4 is 29.1 Å². The van der Waals surface area contributed by atoms with Gasteiger partial charge < -0.3 is 20.1 Å². The molecule has 1 heterocycles. The second kappa shape index (κ2) is 9.84. The Morgan fingerprint density at radius 2 is 1.79 bits per heavy atom. The highest BCUT2D eigenvalue weighted by Crippen LogP contribution is 2.31. The lowest BCUT2D eigenvalue weighted by molar-refractivity contribution is -0.128. The molecular weight excluding hydrogens is 426 g/mol. The topological polar surface area (TPSA) is 126 Å². The van der Waals surface area contributed by atoms with E-state index < -0.39 is 23.8 Å². The normalized spacial score (nSPS) is 14.3. The lowest BCUT2D eigenvalue weighted by Crippen LogP contribution is -2.39. The summed E-state index contributed by atoms with van der Waals surface area (Å²) in [5, 5.41) is 14.1. The van der Waals surface area contributed by atoms with Crippen LogP contribution in [-0.2, 0) is 16.2 Å². The Labute approximate surface area is 189 Å². The van der Waals surface area contributed by atoms with Crippen molar-refractivity contribution in [1.82, 2.24) is 5.48 Å². The molecule has 4 N–H and O–H groups in total. The number of hydroxylamine groups is 1. The van der Waals surface area contributed by atoms with Gasteiger partial charge in [0.05, 0.1) is 12.1 Å². The molecule has 33 heavy (non-hydrogen) atoms. The molecule has 1 unspecified atom stereocenters. The van der Waals surface area contributed by atoms with Crippen LogP contribution in [0.3, 0.4) is 0 Å². The van der Waals surface area contributed by atoms with Gasteiger partial charge in [-0.25, -0.2) is 5.48 Å². The van der Waals surface area contributed by atoms with Crippen molar-refractivity contribution in [2.24, 2.45) is 0 Å². The molecule has 0 bridgehead atoms. The number of carbonyl (C=O) groups excluding carboxylic acids is 3. The molecule has 1 atom stereocenters. The van der Waals surface area contributed by atoms with Gasteiger partial charge in [-0.3, -0.25) is 19.6 Å². The molecule has 1 aliphatic heterocycles. The van der Waals surface area contributed by atoms with Crippen molar-refractivity contribution in [2.75, 3.05) is 10.6 Å². The predicted octanol–water partition coefficient (Wildman–Crippen LogP) is 3.11. The maximum atomic E-state index is 12.5. The summed E-state index contributed by atoms with van der Waals surface area (Å²) in [6, 6.07) is 20.9. The van der Waals surface area contributed by atoms with Crippen LogP contribution in [0.5, 0.6) is 11.5 Å². The SMILES string of the molecule is O=C(CC1Oc2cc(C(=O)NO)ccc2NC1=O)Nc1ccc(OCc2ccccc2)cc1. The van der Waals surface area contributed by atoms with E-state index in [1.165, 1.54) is 23.7 Å². The third kappa shape index (κ3) is 5.46. The average molecular weight is 447 g/mol. The molecule has 1 aliphatic rings. The lowest BCUT2D eigenvalue weighted by atomic mass is 10.1. The van der Waals surface area contributed by atoms with Crippen molar-refractivity contribution in [3.8, 4) is 11.5 Å². The zero-order valence-corrected chi connectivity index (χ0v) is 17.4. The average Bonchev–Trinajstić information content (AvgIpc) is 2.84. The minimum absolute atomic E-state index is 0.144. The minimum Gasteiger partial charge on any atom is -0.489 e. The first kappa shape index (κ1) is 21.8. The number of amides is 3. The fraction of sp³-hybridized carbons (Fsp3) is 0.125. The second-order valence-electron chi connectivity index (χ2n) is 7.30. The zero-order valence-electron chi connectivity index (χ0n) is 17.4. The van der Waals surface area contributed by atoms with E-state index in [4.69, 9.17) is 14.7 Å². The Morgan fingerprint density at radius 1 is 1.03 bits per heavy atom. The summed E-state index contributed by atoms with van der Waals surface area (Å²) >= 11 is 0. The maximum absolute atomic E-state index is 12.5. The standard InChI is InChI=1S/C24H21N3O6/c28-22(25-17-7-9-18(10-8-17)32-14-15-4-2-1-3-5-15)13-21-24(30)26-19-11-6-16(23(29)27-31)12-20(19)33-21/h1-12,21,31H,13-14H2,(H,25,28)(H,26,30)(H,27,29). The maximum Gasteiger partial charge on any atom is 0.274 e. The zero-order chi connectivity index (χ0) is 23.2. The van der Waals surface area contributed by atoms with Crippen molar-refractivity contribution in [3.05, 3.63) is 83.9 Å². The van der Waals surface area contributed by atoms with Gasteiger partial charge in [0.15, 0.2) is 6.10 Å². The quantitative estimate of drug-likeness (QED) is 0.326. The summed E-state index contributed by atoms with van der Waals surface area (Å²) in [4.78, 5) is 36.3. The van der Waals surface area contributed by atoms with Crippen LogP contribution in [0.2, 0.25) is 0 Å². The fourth-order valence-electron chi connectivity index (χ4n) is 3.24. The Balaban J connectivity index is 1.33. The van der Waals surface area contributed by atoms with E-state index in [1.807, 2.05) is 30.3 Å². The first-order chi connectivity index (χ1) is 16.0. The molecular formula is C24H21N3O6. The predicted molar refractivity (Wildman–Crippen MR) is 119 cm³/mol. The van der Waals surface area contributed by atoms with E-state index in [0.29, 0.717) is 23.7 Å². The van der Waals surface area contributed by atoms with Crippen molar-refractivity contribution in [2.45, 2.75) is 19.1 Å². The molecule has 0 aromatic heterocycles. The van der Waals surface area contributed by atoms with Crippen LogP contribution in [0.15, 0.2) is 72.8 Å². The molecule has 9 heteroatoms. The summed E-state index contributed by atoms with van der Waals surface area (Å²) < 4.78 is 11.4. The summed E-state index contributed by atoms with van der Waals surface area (Å²) in [5.41, 5.74) is 3.64. The molecule has 0 fully saturated rings. The van der Waals surface area contributed by atoms with E-state index in [2.05, 4.69) is 10.6 Å². The number of ether oxygens (including phenoxy) is 2. The van der Waals surface area contributed by atoms with Gasteiger partial charge in [-0.2, -0.15) is 0 Å². The number of nitrogens with one attached hydrogen (secondary N) is 3. The van der Waals surface area contributed by atoms with Crippen LogP contribution < -0.4 is 25.6 Å². The number of anilines is 2. The second-order valence-corrected chi connectivity index (χ2v) is 7.30. The molecule has 9 nitrogen and oxygen atoms in total. The highest BCUT2D eigenvalue weighted by atomic mass is 16.5. The van der Waals surface area contributed by atoms with Crippen LogP contribution in [0.25, 0.3) is 0 Å². The Hall–Kier alpha value is -4.37. The van der Waals surface area contributed by atoms with Crippen molar-refractivity contribution < 1.29 is 29.1 Å². The van der Waals surface area contributed by atoms with Crippen LogP contribution in [0.4, 0.5) is 11.4 Å². The fourth-order valence-corrected chi connectivity index (χ4v) is 3.24. The van der Waals surface area contributed by atoms with Gasteiger partial charge in [0.1, 0.15) is 18.1 Å². The van der Waals surface area contributed by atoms with Gasteiger partial charge in [-0.15, -0.1) is 0 Å². The molecule has 4 rings (SSSR count). The summed E-state index contributed by atoms with van der Waals surface area (Å²) in [6.45, 7) is 0.434. The van der Waals surface area contributed by atoms with Crippen LogP contribution in [0.1, 0.15) is 22.3 Å². The Kier molecular flexibility index (Phi) is 6.51. The van der Waals surface area contributed by atoms with Crippen LogP contribution in [-0.4, -0.2) is 29.0 Å². The number of benzene rings is 3. The Morgan fingerprint density at radius 3 is 2.52 bits per heavy atom. The Bertz CT molecular complexity index is 1160. The monoisotopic (exact) mass is 447 g/mol. The lowest BCUT2D eigenvalue weighted by Gasteiger charge is -2.25. The van der Waals surface area contributed by atoms with Gasteiger partial charge >= 0.3 is 0 Å². The summed E-state index contributed by atoms with van der Waals surface area (Å²) in [5.74, 6) is -0.717. The van der Waals surface area contributed by atoms with E-state index in [9.17, 15) is 14.4 Å². The summed E-state index contributed by atoms with van der Waals surface area (Å²) in [6.07, 6.45) is -1.30. The number of rotatable bonds is 7. The molecule has 3 amide bonds. The van der Waals surface area contributed by atoms with Crippen LogP contribution >= 0.6 is 0 Å². The number of hydrogen-bond donors (Lipinski definition) is 4. The van der Waals surface area contributed by atoms with E-state index in [0.717, 1.165) is 5.56 Å². The van der Waals surface area contributed by atoms with Crippen molar-refractivity contribution in [3.63, 3.8) is 0 Å². The molecule has 3 aromatic carbocycles. The van der Waals surface area contributed by atoms with Gasteiger partial charge in [0.25, 0.3) is 11.8 Å². The third-order valence-corrected chi connectivity index (χ3v) is 4.92. The van der Waals surface area contributed by atoms with Gasteiger partial charge in [0, 0.05) is 11.3 Å². The van der Waals surface area contributed by atoms with E-state index >= 15 is 0 Å². The highest BCUT2D eigenvalue weighted by Gasteiger charge is 2.30. The molecule has 0 saturated heterocycles. The number of fused-ring (bicyclic) bond motifs is 1. The first-order valence-corrected chi connectivity index (χ1v) is 10.1. The molecule has 0 spiro atoms. The number of carbonyl (C=O) groups is 3. The van der Waals surface area contributed by atoms with Crippen LogP contribution in [0, 0.1) is 0 Å². The molecule has 3 aromatic rings. The number of hydrogen-bond acceptors (Lipinski definition) is 6.